The van der Waals surface area contributed by atoms with E-state index in [9.17, 15) is 4.79 Å². The summed E-state index contributed by atoms with van der Waals surface area (Å²) in [6.45, 7) is 4.30. The van der Waals surface area contributed by atoms with Crippen molar-refractivity contribution in [3.63, 3.8) is 0 Å². The van der Waals surface area contributed by atoms with E-state index >= 15 is 0 Å². The zero-order valence-corrected chi connectivity index (χ0v) is 11.9. The summed E-state index contributed by atoms with van der Waals surface area (Å²) in [6, 6.07) is 8.67. The van der Waals surface area contributed by atoms with Crippen LogP contribution in [0.5, 0.6) is 0 Å². The molecule has 1 aliphatic carbocycles. The minimum absolute atomic E-state index is 0.177. The Hall–Kier alpha value is -1.31. The van der Waals surface area contributed by atoms with Crippen LogP contribution in [0.15, 0.2) is 24.3 Å². The maximum absolute atomic E-state index is 12.8. The Bertz CT molecular complexity index is 476. The molecule has 2 aliphatic rings. The Labute approximate surface area is 115 Å². The molecule has 2 heteroatoms. The number of hydrogen-bond donors (Lipinski definition) is 0. The summed E-state index contributed by atoms with van der Waals surface area (Å²) in [5.41, 5.74) is 2.46. The van der Waals surface area contributed by atoms with Gasteiger partial charge in [-0.1, -0.05) is 38.0 Å². The molecule has 2 unspecified atom stereocenters. The van der Waals surface area contributed by atoms with Crippen LogP contribution in [0.2, 0.25) is 0 Å². The summed E-state index contributed by atoms with van der Waals surface area (Å²) >= 11 is 0. The molecule has 1 saturated carbocycles. The van der Waals surface area contributed by atoms with E-state index in [4.69, 9.17) is 0 Å². The monoisotopic (exact) mass is 257 g/mol. The van der Waals surface area contributed by atoms with Crippen LogP contribution < -0.4 is 4.90 Å². The van der Waals surface area contributed by atoms with Crippen LogP contribution >= 0.6 is 0 Å². The predicted molar refractivity (Wildman–Crippen MR) is 78.2 cm³/mol. The first-order chi connectivity index (χ1) is 9.18. The number of benzene rings is 1. The van der Waals surface area contributed by atoms with Gasteiger partial charge >= 0.3 is 0 Å². The molecule has 1 fully saturated rings. The van der Waals surface area contributed by atoms with Crippen LogP contribution in [-0.2, 0) is 11.2 Å². The van der Waals surface area contributed by atoms with Crippen molar-refractivity contribution in [2.24, 2.45) is 11.8 Å². The Kier molecular flexibility index (Phi) is 3.34. The second-order valence-corrected chi connectivity index (χ2v) is 6.22. The SMILES string of the molecule is CC(C(=O)N1c2ccccc2CC1C)C1CCCC1. The molecular formula is C17H23NO. The summed E-state index contributed by atoms with van der Waals surface area (Å²) in [6.07, 6.45) is 6.07. The van der Waals surface area contributed by atoms with Crippen molar-refractivity contribution in [2.75, 3.05) is 4.90 Å². The van der Waals surface area contributed by atoms with E-state index in [1.54, 1.807) is 0 Å². The molecule has 1 aromatic carbocycles. The second kappa shape index (κ2) is 4.99. The first-order valence-corrected chi connectivity index (χ1v) is 7.59. The molecule has 1 aliphatic heterocycles. The fourth-order valence-electron chi connectivity index (χ4n) is 3.78. The fourth-order valence-corrected chi connectivity index (χ4v) is 3.78. The smallest absolute Gasteiger partial charge is 0.230 e. The lowest BCUT2D eigenvalue weighted by Crippen LogP contribution is -2.41. The third kappa shape index (κ3) is 2.18. The third-order valence-electron chi connectivity index (χ3n) is 4.94. The highest BCUT2D eigenvalue weighted by Gasteiger charge is 2.36. The minimum atomic E-state index is 0.177. The Morgan fingerprint density at radius 1 is 1.26 bits per heavy atom. The van der Waals surface area contributed by atoms with Gasteiger partial charge in [-0.2, -0.15) is 0 Å². The van der Waals surface area contributed by atoms with E-state index in [-0.39, 0.29) is 5.92 Å². The lowest BCUT2D eigenvalue weighted by Gasteiger charge is -2.28. The van der Waals surface area contributed by atoms with Crippen LogP contribution in [-0.4, -0.2) is 11.9 Å². The molecule has 1 heterocycles. The molecule has 0 radical (unpaired) electrons. The molecule has 0 bridgehead atoms. The van der Waals surface area contributed by atoms with Crippen molar-refractivity contribution in [3.05, 3.63) is 29.8 Å². The summed E-state index contributed by atoms with van der Waals surface area (Å²) in [5, 5.41) is 0. The zero-order chi connectivity index (χ0) is 13.4. The predicted octanol–water partition coefficient (Wildman–Crippen LogP) is 3.79. The van der Waals surface area contributed by atoms with Crippen molar-refractivity contribution in [1.29, 1.82) is 0 Å². The van der Waals surface area contributed by atoms with Crippen molar-refractivity contribution >= 4 is 11.6 Å². The van der Waals surface area contributed by atoms with E-state index in [0.717, 1.165) is 12.1 Å². The average Bonchev–Trinajstić information content (AvgIpc) is 3.03. The highest BCUT2D eigenvalue weighted by atomic mass is 16.2. The van der Waals surface area contributed by atoms with Gasteiger partial charge in [0.05, 0.1) is 0 Å². The molecule has 1 amide bonds. The van der Waals surface area contributed by atoms with Gasteiger partial charge in [-0.05, 0) is 43.7 Å². The molecule has 102 valence electrons. The van der Waals surface area contributed by atoms with Gasteiger partial charge < -0.3 is 4.90 Å². The number of fused-ring (bicyclic) bond motifs is 1. The number of carbonyl (C=O) groups excluding carboxylic acids is 1. The molecule has 0 aromatic heterocycles. The molecule has 2 atom stereocenters. The number of para-hydroxylation sites is 1. The summed E-state index contributed by atoms with van der Waals surface area (Å²) in [5.74, 6) is 1.12. The van der Waals surface area contributed by atoms with Gasteiger partial charge in [0.15, 0.2) is 0 Å². The van der Waals surface area contributed by atoms with Crippen molar-refractivity contribution < 1.29 is 4.79 Å². The van der Waals surface area contributed by atoms with Crippen molar-refractivity contribution in [2.45, 2.75) is 52.0 Å². The normalized spacial score (nSPS) is 24.5. The standard InChI is InChI=1S/C17H23NO/c1-12-11-15-9-5-6-10-16(15)18(12)17(19)13(2)14-7-3-4-8-14/h5-6,9-10,12-14H,3-4,7-8,11H2,1-2H3. The first-order valence-electron chi connectivity index (χ1n) is 7.59. The number of nitrogens with zero attached hydrogens (tertiary/aromatic N) is 1. The maximum Gasteiger partial charge on any atom is 0.230 e. The van der Waals surface area contributed by atoms with Gasteiger partial charge in [0.25, 0.3) is 0 Å². The van der Waals surface area contributed by atoms with Crippen LogP contribution in [0.3, 0.4) is 0 Å². The van der Waals surface area contributed by atoms with Gasteiger partial charge in [-0.25, -0.2) is 0 Å². The fraction of sp³-hybridized carbons (Fsp3) is 0.588. The first kappa shape index (κ1) is 12.7. The number of anilines is 1. The lowest BCUT2D eigenvalue weighted by molar-refractivity contribution is -0.123. The Morgan fingerprint density at radius 2 is 1.95 bits per heavy atom. The van der Waals surface area contributed by atoms with Crippen LogP contribution in [0.25, 0.3) is 0 Å². The van der Waals surface area contributed by atoms with E-state index in [1.165, 1.54) is 31.2 Å². The highest BCUT2D eigenvalue weighted by Crippen LogP contribution is 2.37. The van der Waals surface area contributed by atoms with E-state index in [2.05, 4.69) is 36.9 Å². The molecule has 19 heavy (non-hydrogen) atoms. The second-order valence-electron chi connectivity index (χ2n) is 6.22. The zero-order valence-electron chi connectivity index (χ0n) is 11.9. The molecule has 1 aromatic rings. The third-order valence-corrected chi connectivity index (χ3v) is 4.94. The van der Waals surface area contributed by atoms with Crippen LogP contribution in [0.1, 0.15) is 45.1 Å². The van der Waals surface area contributed by atoms with Gasteiger partial charge in [0.2, 0.25) is 5.91 Å². The van der Waals surface area contributed by atoms with E-state index in [0.29, 0.717) is 17.9 Å². The molecule has 0 spiro atoms. The van der Waals surface area contributed by atoms with Crippen LogP contribution in [0, 0.1) is 11.8 Å². The maximum atomic E-state index is 12.8. The topological polar surface area (TPSA) is 20.3 Å². The van der Waals surface area contributed by atoms with Crippen molar-refractivity contribution in [1.82, 2.24) is 0 Å². The van der Waals surface area contributed by atoms with Gasteiger partial charge in [-0.15, -0.1) is 0 Å². The number of carbonyl (C=O) groups is 1. The number of rotatable bonds is 2. The van der Waals surface area contributed by atoms with Crippen molar-refractivity contribution in [3.8, 4) is 0 Å². The molecule has 0 N–H and O–H groups in total. The van der Waals surface area contributed by atoms with Gasteiger partial charge in [-0.3, -0.25) is 4.79 Å². The summed E-state index contributed by atoms with van der Waals surface area (Å²) in [4.78, 5) is 14.9. The summed E-state index contributed by atoms with van der Waals surface area (Å²) < 4.78 is 0. The molecule has 0 saturated heterocycles. The summed E-state index contributed by atoms with van der Waals surface area (Å²) in [7, 11) is 0. The highest BCUT2D eigenvalue weighted by molar-refractivity contribution is 5.97. The van der Waals surface area contributed by atoms with Gasteiger partial charge in [0.1, 0.15) is 0 Å². The Morgan fingerprint density at radius 3 is 2.68 bits per heavy atom. The molecule has 3 rings (SSSR count). The van der Waals surface area contributed by atoms with Crippen LogP contribution in [0.4, 0.5) is 5.69 Å². The Balaban J connectivity index is 1.83. The molecule has 2 nitrogen and oxygen atoms in total. The molecular weight excluding hydrogens is 234 g/mol. The number of amides is 1. The van der Waals surface area contributed by atoms with Gasteiger partial charge in [0, 0.05) is 17.6 Å². The van der Waals surface area contributed by atoms with E-state index < -0.39 is 0 Å². The number of hydrogen-bond acceptors (Lipinski definition) is 1. The quantitative estimate of drug-likeness (QED) is 0.789. The lowest BCUT2D eigenvalue weighted by atomic mass is 9.91. The average molecular weight is 257 g/mol. The largest absolute Gasteiger partial charge is 0.309 e. The van der Waals surface area contributed by atoms with E-state index in [1.807, 2.05) is 6.07 Å². The minimum Gasteiger partial charge on any atom is -0.309 e.